The predicted molar refractivity (Wildman–Crippen MR) is 106 cm³/mol. The molecule has 148 valence electrons. The summed E-state index contributed by atoms with van der Waals surface area (Å²) in [5.41, 5.74) is 0.113. The Balaban J connectivity index is 1.66. The van der Waals surface area contributed by atoms with Crippen molar-refractivity contribution in [1.29, 1.82) is 0 Å². The fourth-order valence-corrected chi connectivity index (χ4v) is 2.70. The molecular weight excluding hydrogens is 375 g/mol. The number of para-hydroxylation sites is 1. The zero-order valence-electron chi connectivity index (χ0n) is 15.7. The molecule has 0 saturated carbocycles. The van der Waals surface area contributed by atoms with Crippen LogP contribution >= 0.6 is 0 Å². The maximum atomic E-state index is 14.1. The molecule has 0 fully saturated rings. The van der Waals surface area contributed by atoms with Gasteiger partial charge in [-0.2, -0.15) is 5.10 Å². The summed E-state index contributed by atoms with van der Waals surface area (Å²) < 4.78 is 15.3. The standard InChI is InChI=1S/C21H19FN4O3/c1-14-13-18(27)19(25-26(14)17-10-6-5-9-16(17)22)21(29)24-12-11-23-20(28)15-7-3-2-4-8-15/h2-10,13H,11-12H2,1H3,(H,23,28)(H,24,29). The Kier molecular flexibility index (Phi) is 6.13. The first-order valence-electron chi connectivity index (χ1n) is 8.94. The molecular formula is C21H19FN4O3. The van der Waals surface area contributed by atoms with Gasteiger partial charge in [0.2, 0.25) is 5.43 Å². The van der Waals surface area contributed by atoms with Crippen LogP contribution in [0, 0.1) is 12.7 Å². The van der Waals surface area contributed by atoms with Gasteiger partial charge in [-0.3, -0.25) is 14.4 Å². The lowest BCUT2D eigenvalue weighted by Gasteiger charge is -2.12. The number of hydrogen-bond donors (Lipinski definition) is 2. The number of halogens is 1. The first-order valence-corrected chi connectivity index (χ1v) is 8.94. The Hall–Kier alpha value is -3.81. The van der Waals surface area contributed by atoms with Gasteiger partial charge in [0.1, 0.15) is 11.5 Å². The van der Waals surface area contributed by atoms with E-state index in [-0.39, 0.29) is 30.4 Å². The summed E-state index contributed by atoms with van der Waals surface area (Å²) in [4.78, 5) is 36.5. The van der Waals surface area contributed by atoms with Crippen molar-refractivity contribution in [3.05, 3.63) is 93.7 Å². The first kappa shape index (κ1) is 19.9. The maximum absolute atomic E-state index is 14.1. The third kappa shape index (κ3) is 4.73. The molecule has 1 aromatic heterocycles. The van der Waals surface area contributed by atoms with Crippen LogP contribution in [-0.2, 0) is 0 Å². The molecule has 0 radical (unpaired) electrons. The van der Waals surface area contributed by atoms with Crippen LogP contribution in [-0.4, -0.2) is 34.7 Å². The number of amides is 2. The molecule has 2 aromatic carbocycles. The molecule has 0 aliphatic heterocycles. The van der Waals surface area contributed by atoms with E-state index in [0.29, 0.717) is 11.3 Å². The fraction of sp³-hybridized carbons (Fsp3) is 0.143. The van der Waals surface area contributed by atoms with Gasteiger partial charge in [0.05, 0.1) is 0 Å². The highest BCUT2D eigenvalue weighted by Crippen LogP contribution is 2.13. The molecule has 3 aromatic rings. The van der Waals surface area contributed by atoms with Crippen LogP contribution in [0.4, 0.5) is 4.39 Å². The van der Waals surface area contributed by atoms with Gasteiger partial charge in [-0.25, -0.2) is 9.07 Å². The van der Waals surface area contributed by atoms with E-state index in [9.17, 15) is 18.8 Å². The molecule has 0 bridgehead atoms. The third-order valence-electron chi connectivity index (χ3n) is 4.14. The monoisotopic (exact) mass is 394 g/mol. The van der Waals surface area contributed by atoms with Crippen LogP contribution in [0.25, 0.3) is 5.69 Å². The minimum atomic E-state index is -0.700. The van der Waals surface area contributed by atoms with E-state index in [1.165, 1.54) is 28.9 Å². The van der Waals surface area contributed by atoms with Crippen LogP contribution in [0.1, 0.15) is 26.5 Å². The van der Waals surface area contributed by atoms with Crippen LogP contribution in [0.2, 0.25) is 0 Å². The summed E-state index contributed by atoms with van der Waals surface area (Å²) in [6, 6.07) is 15.8. The molecule has 7 nitrogen and oxygen atoms in total. The van der Waals surface area contributed by atoms with Gasteiger partial charge in [0.25, 0.3) is 11.8 Å². The Morgan fingerprint density at radius 2 is 1.59 bits per heavy atom. The highest BCUT2D eigenvalue weighted by Gasteiger charge is 2.16. The van der Waals surface area contributed by atoms with Crippen molar-refractivity contribution < 1.29 is 14.0 Å². The minimum absolute atomic E-state index is 0.103. The van der Waals surface area contributed by atoms with Crippen molar-refractivity contribution in [3.63, 3.8) is 0 Å². The van der Waals surface area contributed by atoms with Crippen molar-refractivity contribution >= 4 is 11.8 Å². The normalized spacial score (nSPS) is 10.4. The predicted octanol–water partition coefficient (Wildman–Crippen LogP) is 1.84. The number of nitrogens with zero attached hydrogens (tertiary/aromatic N) is 2. The SMILES string of the molecule is Cc1cc(=O)c(C(=O)NCCNC(=O)c2ccccc2)nn1-c1ccccc1F. The highest BCUT2D eigenvalue weighted by atomic mass is 19.1. The van der Waals surface area contributed by atoms with Gasteiger partial charge in [0.15, 0.2) is 5.69 Å². The topological polar surface area (TPSA) is 93.1 Å². The number of aryl methyl sites for hydroxylation is 1. The van der Waals surface area contributed by atoms with Crippen LogP contribution in [0.5, 0.6) is 0 Å². The quantitative estimate of drug-likeness (QED) is 0.624. The average Bonchev–Trinajstić information content (AvgIpc) is 2.72. The van der Waals surface area contributed by atoms with Crippen molar-refractivity contribution in [2.75, 3.05) is 13.1 Å². The van der Waals surface area contributed by atoms with Gasteiger partial charge >= 0.3 is 0 Å². The number of hydrogen-bond acceptors (Lipinski definition) is 4. The molecule has 3 rings (SSSR count). The second-order valence-corrected chi connectivity index (χ2v) is 6.24. The number of nitrogens with one attached hydrogen (secondary N) is 2. The number of carbonyl (C=O) groups excluding carboxylic acids is 2. The number of aromatic nitrogens is 2. The Morgan fingerprint density at radius 3 is 2.28 bits per heavy atom. The van der Waals surface area contributed by atoms with Crippen molar-refractivity contribution in [2.24, 2.45) is 0 Å². The molecule has 2 N–H and O–H groups in total. The van der Waals surface area contributed by atoms with E-state index >= 15 is 0 Å². The zero-order chi connectivity index (χ0) is 20.8. The van der Waals surface area contributed by atoms with Crippen LogP contribution in [0.15, 0.2) is 65.5 Å². The summed E-state index contributed by atoms with van der Waals surface area (Å²) in [7, 11) is 0. The van der Waals surface area contributed by atoms with Crippen molar-refractivity contribution in [2.45, 2.75) is 6.92 Å². The van der Waals surface area contributed by atoms with Gasteiger partial charge in [0, 0.05) is 30.4 Å². The van der Waals surface area contributed by atoms with Gasteiger partial charge < -0.3 is 10.6 Å². The Bertz CT molecular complexity index is 1100. The van der Waals surface area contributed by atoms with E-state index in [1.807, 2.05) is 0 Å². The van der Waals surface area contributed by atoms with E-state index in [2.05, 4.69) is 15.7 Å². The van der Waals surface area contributed by atoms with E-state index in [1.54, 1.807) is 43.3 Å². The molecule has 0 unspecified atom stereocenters. The molecule has 0 atom stereocenters. The Morgan fingerprint density at radius 1 is 0.966 bits per heavy atom. The molecule has 0 saturated heterocycles. The van der Waals surface area contributed by atoms with Crippen molar-refractivity contribution in [3.8, 4) is 5.69 Å². The van der Waals surface area contributed by atoms with E-state index < -0.39 is 17.2 Å². The first-order chi connectivity index (χ1) is 14.0. The van der Waals surface area contributed by atoms with E-state index in [4.69, 9.17) is 0 Å². The van der Waals surface area contributed by atoms with Crippen LogP contribution in [0.3, 0.4) is 0 Å². The zero-order valence-corrected chi connectivity index (χ0v) is 15.7. The molecule has 8 heteroatoms. The lowest BCUT2D eigenvalue weighted by Crippen LogP contribution is -2.37. The highest BCUT2D eigenvalue weighted by molar-refractivity contribution is 5.94. The van der Waals surface area contributed by atoms with Gasteiger partial charge in [-0.15, -0.1) is 0 Å². The lowest BCUT2D eigenvalue weighted by molar-refractivity contribution is 0.0923. The summed E-state index contributed by atoms with van der Waals surface area (Å²) >= 11 is 0. The van der Waals surface area contributed by atoms with Gasteiger partial charge in [-0.05, 0) is 31.2 Å². The number of rotatable bonds is 6. The van der Waals surface area contributed by atoms with Gasteiger partial charge in [-0.1, -0.05) is 30.3 Å². The molecule has 0 aliphatic rings. The summed E-state index contributed by atoms with van der Waals surface area (Å²) in [5.74, 6) is -1.49. The second kappa shape index (κ2) is 8.92. The maximum Gasteiger partial charge on any atom is 0.275 e. The molecule has 0 aliphatic carbocycles. The lowest BCUT2D eigenvalue weighted by atomic mass is 10.2. The smallest absolute Gasteiger partial charge is 0.275 e. The third-order valence-corrected chi connectivity index (χ3v) is 4.14. The van der Waals surface area contributed by atoms with Crippen LogP contribution < -0.4 is 16.1 Å². The molecule has 29 heavy (non-hydrogen) atoms. The second-order valence-electron chi connectivity index (χ2n) is 6.24. The number of carbonyl (C=O) groups is 2. The molecule has 1 heterocycles. The summed E-state index contributed by atoms with van der Waals surface area (Å²) in [6.07, 6.45) is 0. The van der Waals surface area contributed by atoms with E-state index in [0.717, 1.165) is 0 Å². The van der Waals surface area contributed by atoms with Crippen molar-refractivity contribution in [1.82, 2.24) is 20.4 Å². The molecule has 0 spiro atoms. The minimum Gasteiger partial charge on any atom is -0.350 e. The summed E-state index contributed by atoms with van der Waals surface area (Å²) in [5, 5.41) is 9.23. The largest absolute Gasteiger partial charge is 0.350 e. The molecule has 2 amide bonds. The Labute approximate surface area is 166 Å². The number of benzene rings is 2. The summed E-state index contributed by atoms with van der Waals surface area (Å²) in [6.45, 7) is 1.88. The average molecular weight is 394 g/mol. The fourth-order valence-electron chi connectivity index (χ4n) is 2.70.